The summed E-state index contributed by atoms with van der Waals surface area (Å²) in [5, 5.41) is 2.58. The number of imide groups is 1. The minimum atomic E-state index is -0.680. The number of hydrogen-bond donors (Lipinski definition) is 1. The predicted octanol–water partition coefficient (Wildman–Crippen LogP) is 1.54. The number of carbonyl (C=O) groups is 5. The lowest BCUT2D eigenvalue weighted by Crippen LogP contribution is -2.34. The zero-order valence-electron chi connectivity index (χ0n) is 16.7. The molecule has 158 valence electrons. The largest absolute Gasteiger partial charge is 0.465 e. The van der Waals surface area contributed by atoms with Gasteiger partial charge in [-0.25, -0.2) is 9.59 Å². The van der Waals surface area contributed by atoms with Gasteiger partial charge in [-0.3, -0.25) is 19.3 Å². The van der Waals surface area contributed by atoms with Crippen LogP contribution in [0.2, 0.25) is 0 Å². The van der Waals surface area contributed by atoms with Gasteiger partial charge in [-0.15, -0.1) is 0 Å². The number of ether oxygens (including phenoxy) is 2. The number of carbonyl (C=O) groups excluding carboxylic acids is 5. The fraction of sp³-hybridized carbons (Fsp3) is 0.381. The molecule has 1 heterocycles. The molecule has 1 aromatic carbocycles. The highest BCUT2D eigenvalue weighted by molar-refractivity contribution is 6.06. The molecule has 0 bridgehead atoms. The van der Waals surface area contributed by atoms with E-state index in [4.69, 9.17) is 0 Å². The molecule has 30 heavy (non-hydrogen) atoms. The second-order valence-corrected chi connectivity index (χ2v) is 7.06. The average molecular weight is 414 g/mol. The maximum atomic E-state index is 12.5. The van der Waals surface area contributed by atoms with Gasteiger partial charge >= 0.3 is 11.9 Å². The van der Waals surface area contributed by atoms with E-state index in [0.717, 1.165) is 4.90 Å². The van der Waals surface area contributed by atoms with Gasteiger partial charge in [0, 0.05) is 18.7 Å². The SMILES string of the molecule is COC(=O)c1cc(NC(=O)CCN2C(=O)[C@H]3CC=CC[C@@H]3C2=O)cc(C(=O)OC)c1. The second kappa shape index (κ2) is 8.89. The van der Waals surface area contributed by atoms with Gasteiger partial charge in [-0.1, -0.05) is 12.2 Å². The fourth-order valence-electron chi connectivity index (χ4n) is 3.70. The number of nitrogens with one attached hydrogen (secondary N) is 1. The first-order valence-corrected chi connectivity index (χ1v) is 9.47. The Balaban J connectivity index is 1.67. The maximum Gasteiger partial charge on any atom is 0.337 e. The van der Waals surface area contributed by atoms with Crippen molar-refractivity contribution in [2.45, 2.75) is 19.3 Å². The van der Waals surface area contributed by atoms with Crippen molar-refractivity contribution < 1.29 is 33.4 Å². The number of methoxy groups -OCH3 is 2. The van der Waals surface area contributed by atoms with Crippen LogP contribution < -0.4 is 5.32 Å². The number of likely N-dealkylation sites (tertiary alicyclic amines) is 1. The standard InChI is InChI=1S/C21H22N2O7/c1-29-20(27)12-9-13(21(28)30-2)11-14(10-12)22-17(24)7-8-23-18(25)15-5-3-4-6-16(15)19(23)26/h3-4,9-11,15-16H,5-8H2,1-2H3,(H,22,24)/t15-,16-/m0/s1. The van der Waals surface area contributed by atoms with Crippen LogP contribution in [-0.2, 0) is 23.9 Å². The Morgan fingerprint density at radius 2 is 1.43 bits per heavy atom. The first-order chi connectivity index (χ1) is 14.3. The Bertz CT molecular complexity index is 877. The van der Waals surface area contributed by atoms with E-state index in [2.05, 4.69) is 14.8 Å². The van der Waals surface area contributed by atoms with Gasteiger partial charge in [0.1, 0.15) is 0 Å². The molecule has 0 spiro atoms. The van der Waals surface area contributed by atoms with Crippen LogP contribution in [-0.4, -0.2) is 55.3 Å². The topological polar surface area (TPSA) is 119 Å². The molecule has 0 radical (unpaired) electrons. The summed E-state index contributed by atoms with van der Waals surface area (Å²) in [6.07, 6.45) is 4.76. The minimum Gasteiger partial charge on any atom is -0.465 e. The summed E-state index contributed by atoms with van der Waals surface area (Å²) in [7, 11) is 2.39. The Hall–Kier alpha value is -3.49. The van der Waals surface area contributed by atoms with E-state index in [1.165, 1.54) is 32.4 Å². The number of fused-ring (bicyclic) bond motifs is 1. The van der Waals surface area contributed by atoms with Gasteiger partial charge in [0.2, 0.25) is 17.7 Å². The smallest absolute Gasteiger partial charge is 0.337 e. The number of rotatable bonds is 6. The zero-order valence-corrected chi connectivity index (χ0v) is 16.7. The quantitative estimate of drug-likeness (QED) is 0.426. The van der Waals surface area contributed by atoms with Crippen molar-refractivity contribution in [1.82, 2.24) is 4.90 Å². The van der Waals surface area contributed by atoms with Gasteiger partial charge in [0.15, 0.2) is 0 Å². The van der Waals surface area contributed by atoms with Gasteiger partial charge in [0.25, 0.3) is 0 Å². The molecule has 0 saturated carbocycles. The highest BCUT2D eigenvalue weighted by Gasteiger charge is 2.46. The molecule has 1 saturated heterocycles. The highest BCUT2D eigenvalue weighted by atomic mass is 16.5. The summed E-state index contributed by atoms with van der Waals surface area (Å²) in [5.41, 5.74) is 0.328. The third-order valence-electron chi connectivity index (χ3n) is 5.22. The Morgan fingerprint density at radius 1 is 0.933 bits per heavy atom. The van der Waals surface area contributed by atoms with Crippen molar-refractivity contribution in [3.05, 3.63) is 41.5 Å². The van der Waals surface area contributed by atoms with Crippen LogP contribution in [0.4, 0.5) is 5.69 Å². The summed E-state index contributed by atoms with van der Waals surface area (Å²) in [4.78, 5) is 62.1. The molecule has 1 aromatic rings. The Morgan fingerprint density at radius 3 is 1.90 bits per heavy atom. The monoisotopic (exact) mass is 414 g/mol. The molecule has 1 fully saturated rings. The lowest BCUT2D eigenvalue weighted by molar-refractivity contribution is -0.140. The number of anilines is 1. The van der Waals surface area contributed by atoms with Crippen molar-refractivity contribution >= 4 is 35.3 Å². The first-order valence-electron chi connectivity index (χ1n) is 9.47. The van der Waals surface area contributed by atoms with Crippen LogP contribution in [0.25, 0.3) is 0 Å². The predicted molar refractivity (Wildman–Crippen MR) is 104 cm³/mol. The normalized spacial score (nSPS) is 20.0. The minimum absolute atomic E-state index is 0.0307. The van der Waals surface area contributed by atoms with Crippen LogP contribution in [0.15, 0.2) is 30.4 Å². The third-order valence-corrected chi connectivity index (χ3v) is 5.22. The molecule has 2 atom stereocenters. The molecular weight excluding hydrogens is 392 g/mol. The third kappa shape index (κ3) is 4.24. The number of allylic oxidation sites excluding steroid dienone is 2. The fourth-order valence-corrected chi connectivity index (χ4v) is 3.70. The molecule has 1 aliphatic heterocycles. The molecule has 2 aliphatic rings. The van der Waals surface area contributed by atoms with E-state index >= 15 is 0 Å². The lowest BCUT2D eigenvalue weighted by atomic mass is 9.85. The molecule has 9 nitrogen and oxygen atoms in total. The summed E-state index contributed by atoms with van der Waals surface area (Å²) in [6.45, 7) is -0.0307. The molecule has 3 amide bonds. The van der Waals surface area contributed by atoms with Crippen molar-refractivity contribution in [2.24, 2.45) is 11.8 Å². The number of hydrogen-bond acceptors (Lipinski definition) is 7. The average Bonchev–Trinajstić information content (AvgIpc) is 3.00. The molecule has 1 aliphatic carbocycles. The van der Waals surface area contributed by atoms with Crippen LogP contribution in [0, 0.1) is 11.8 Å². The molecule has 0 aromatic heterocycles. The number of benzene rings is 1. The molecule has 9 heteroatoms. The van der Waals surface area contributed by atoms with Gasteiger partial charge in [0.05, 0.1) is 37.2 Å². The van der Waals surface area contributed by atoms with E-state index in [1.54, 1.807) is 0 Å². The highest BCUT2D eigenvalue weighted by Crippen LogP contribution is 2.35. The lowest BCUT2D eigenvalue weighted by Gasteiger charge is -2.15. The van der Waals surface area contributed by atoms with E-state index in [-0.39, 0.29) is 53.4 Å². The number of esters is 2. The van der Waals surface area contributed by atoms with E-state index < -0.39 is 17.8 Å². The van der Waals surface area contributed by atoms with Crippen molar-refractivity contribution in [2.75, 3.05) is 26.1 Å². The number of nitrogens with zero attached hydrogens (tertiary/aromatic N) is 1. The number of amides is 3. The second-order valence-electron chi connectivity index (χ2n) is 7.06. The summed E-state index contributed by atoms with van der Waals surface area (Å²) >= 11 is 0. The molecule has 3 rings (SSSR count). The van der Waals surface area contributed by atoms with Crippen molar-refractivity contribution in [1.29, 1.82) is 0 Å². The molecule has 1 N–H and O–H groups in total. The summed E-state index contributed by atoms with van der Waals surface area (Å²) < 4.78 is 9.32. The maximum absolute atomic E-state index is 12.5. The first kappa shape index (κ1) is 21.2. The molecular formula is C21H22N2O7. The van der Waals surface area contributed by atoms with E-state index in [0.29, 0.717) is 12.8 Å². The molecule has 0 unspecified atom stereocenters. The zero-order chi connectivity index (χ0) is 21.8. The van der Waals surface area contributed by atoms with Crippen molar-refractivity contribution in [3.63, 3.8) is 0 Å². The van der Waals surface area contributed by atoms with Crippen LogP contribution >= 0.6 is 0 Å². The van der Waals surface area contributed by atoms with Crippen LogP contribution in [0.1, 0.15) is 40.0 Å². The van der Waals surface area contributed by atoms with Crippen molar-refractivity contribution in [3.8, 4) is 0 Å². The Labute approximate surface area is 173 Å². The van der Waals surface area contributed by atoms with Gasteiger partial charge in [-0.2, -0.15) is 0 Å². The van der Waals surface area contributed by atoms with E-state index in [9.17, 15) is 24.0 Å². The van der Waals surface area contributed by atoms with Crippen LogP contribution in [0.3, 0.4) is 0 Å². The van der Waals surface area contributed by atoms with Crippen LogP contribution in [0.5, 0.6) is 0 Å². The van der Waals surface area contributed by atoms with Gasteiger partial charge in [-0.05, 0) is 31.0 Å². The van der Waals surface area contributed by atoms with E-state index in [1.807, 2.05) is 12.2 Å². The van der Waals surface area contributed by atoms with Gasteiger partial charge < -0.3 is 14.8 Å². The Kier molecular flexibility index (Phi) is 6.29. The summed E-state index contributed by atoms with van der Waals surface area (Å²) in [5.74, 6) is -3.01. The summed E-state index contributed by atoms with van der Waals surface area (Å²) in [6, 6.07) is 4.02.